The number of nitrogens with one attached hydrogen (secondary N) is 1. The Balaban J connectivity index is 1.65. The molecule has 186 valence electrons. The summed E-state index contributed by atoms with van der Waals surface area (Å²) in [6.45, 7) is 8.44. The first kappa shape index (κ1) is 25.6. The summed E-state index contributed by atoms with van der Waals surface area (Å²) in [7, 11) is -3.78. The number of aromatic nitrogens is 1. The third-order valence-corrected chi connectivity index (χ3v) is 8.21. The number of hydrogen-bond acceptors (Lipinski definition) is 4. The van der Waals surface area contributed by atoms with E-state index in [0.29, 0.717) is 22.6 Å². The number of thiazole rings is 1. The molecule has 1 amide bonds. The number of fused-ring (bicyclic) bond motifs is 1. The summed E-state index contributed by atoms with van der Waals surface area (Å²) < 4.78 is 31.1. The third kappa shape index (κ3) is 5.83. The van der Waals surface area contributed by atoms with Crippen LogP contribution in [-0.4, -0.2) is 18.9 Å². The van der Waals surface area contributed by atoms with Gasteiger partial charge in [0, 0.05) is 17.8 Å². The van der Waals surface area contributed by atoms with E-state index in [9.17, 15) is 13.2 Å². The van der Waals surface area contributed by atoms with Gasteiger partial charge in [-0.15, -0.1) is 6.58 Å². The number of carbonyl (C=O) groups is 1. The van der Waals surface area contributed by atoms with Crippen LogP contribution in [0.2, 0.25) is 0 Å². The molecule has 4 aromatic rings. The predicted octanol–water partition coefficient (Wildman–Crippen LogP) is 6.08. The minimum absolute atomic E-state index is 0.156. The lowest BCUT2D eigenvalue weighted by Gasteiger charge is -2.09. The van der Waals surface area contributed by atoms with E-state index in [1.165, 1.54) is 23.0 Å². The van der Waals surface area contributed by atoms with E-state index in [0.717, 1.165) is 35.0 Å². The fourth-order valence-electron chi connectivity index (χ4n) is 3.84. The first-order valence-corrected chi connectivity index (χ1v) is 14.1. The molecule has 0 atom stereocenters. The van der Waals surface area contributed by atoms with Crippen LogP contribution in [0.4, 0.5) is 5.69 Å². The minimum Gasteiger partial charge on any atom is -0.312 e. The Morgan fingerprint density at radius 2 is 1.89 bits per heavy atom. The number of rotatable bonds is 9. The second-order valence-corrected chi connectivity index (χ2v) is 11.3. The number of sulfonamides is 1. The lowest BCUT2D eigenvalue weighted by molar-refractivity contribution is 0.0998. The topological polar surface area (TPSA) is 80.5 Å². The van der Waals surface area contributed by atoms with E-state index in [1.807, 2.05) is 11.5 Å². The average Bonchev–Trinajstić information content (AvgIpc) is 3.19. The number of unbranched alkanes of at least 4 members (excludes halogenated alkanes) is 1. The van der Waals surface area contributed by atoms with Crippen molar-refractivity contribution in [3.05, 3.63) is 101 Å². The molecule has 1 N–H and O–H groups in total. The quantitative estimate of drug-likeness (QED) is 0.272. The van der Waals surface area contributed by atoms with Crippen LogP contribution in [0, 0.1) is 6.92 Å². The molecule has 0 fully saturated rings. The Morgan fingerprint density at radius 1 is 1.11 bits per heavy atom. The Labute approximate surface area is 215 Å². The molecule has 36 heavy (non-hydrogen) atoms. The summed E-state index contributed by atoms with van der Waals surface area (Å²) in [5.41, 5.74) is 3.84. The SMILES string of the molecule is C=CCn1c(=NC(=O)c2cccc(NS(=O)(=O)c3ccc(C)cc3)c2)sc2cc(CCCC)ccc21. The lowest BCUT2D eigenvalue weighted by Crippen LogP contribution is -2.16. The zero-order chi connectivity index (χ0) is 25.7. The molecule has 0 aliphatic carbocycles. The maximum Gasteiger partial charge on any atom is 0.279 e. The van der Waals surface area contributed by atoms with E-state index in [2.05, 4.69) is 41.4 Å². The molecule has 1 heterocycles. The van der Waals surface area contributed by atoms with Gasteiger partial charge in [-0.2, -0.15) is 4.99 Å². The zero-order valence-corrected chi connectivity index (χ0v) is 22.0. The van der Waals surface area contributed by atoms with Crippen LogP contribution in [0.15, 0.2) is 89.3 Å². The van der Waals surface area contributed by atoms with Gasteiger partial charge in [-0.25, -0.2) is 8.42 Å². The van der Waals surface area contributed by atoms with Gasteiger partial charge in [0.05, 0.1) is 15.1 Å². The molecule has 4 rings (SSSR count). The van der Waals surface area contributed by atoms with Crippen molar-refractivity contribution >= 4 is 43.2 Å². The Morgan fingerprint density at radius 3 is 2.61 bits per heavy atom. The van der Waals surface area contributed by atoms with Gasteiger partial charge in [-0.1, -0.05) is 60.6 Å². The number of carbonyl (C=O) groups excluding carboxylic acids is 1. The smallest absolute Gasteiger partial charge is 0.279 e. The highest BCUT2D eigenvalue weighted by molar-refractivity contribution is 7.92. The number of anilines is 1. The molecule has 0 aliphatic rings. The molecule has 0 saturated carbocycles. The van der Waals surface area contributed by atoms with Crippen LogP contribution >= 0.6 is 11.3 Å². The van der Waals surface area contributed by atoms with Crippen LogP contribution in [0.5, 0.6) is 0 Å². The van der Waals surface area contributed by atoms with Gasteiger partial charge in [-0.3, -0.25) is 9.52 Å². The van der Waals surface area contributed by atoms with Gasteiger partial charge >= 0.3 is 0 Å². The monoisotopic (exact) mass is 519 g/mol. The second kappa shape index (κ2) is 11.1. The highest BCUT2D eigenvalue weighted by Gasteiger charge is 2.15. The van der Waals surface area contributed by atoms with Crippen LogP contribution < -0.4 is 9.52 Å². The van der Waals surface area contributed by atoms with Gasteiger partial charge in [-0.05, 0) is 67.8 Å². The van der Waals surface area contributed by atoms with E-state index in [1.54, 1.807) is 48.5 Å². The number of benzene rings is 3. The predicted molar refractivity (Wildman–Crippen MR) is 147 cm³/mol. The normalized spacial score (nSPS) is 12.1. The minimum atomic E-state index is -3.78. The largest absolute Gasteiger partial charge is 0.312 e. The maximum atomic E-state index is 13.1. The fourth-order valence-corrected chi connectivity index (χ4v) is 5.99. The number of aryl methyl sites for hydroxylation is 2. The van der Waals surface area contributed by atoms with E-state index >= 15 is 0 Å². The molecule has 8 heteroatoms. The van der Waals surface area contributed by atoms with Crippen molar-refractivity contribution in [3.63, 3.8) is 0 Å². The molecule has 0 spiro atoms. The van der Waals surface area contributed by atoms with E-state index in [4.69, 9.17) is 0 Å². The maximum absolute atomic E-state index is 13.1. The van der Waals surface area contributed by atoms with Crippen LogP contribution in [0.3, 0.4) is 0 Å². The number of amides is 1. The molecular formula is C28H29N3O3S2. The van der Waals surface area contributed by atoms with E-state index in [-0.39, 0.29) is 4.90 Å². The Bertz CT molecular complexity index is 1580. The van der Waals surface area contributed by atoms with Crippen molar-refractivity contribution in [2.24, 2.45) is 4.99 Å². The lowest BCUT2D eigenvalue weighted by atomic mass is 10.1. The third-order valence-electron chi connectivity index (χ3n) is 5.77. The molecule has 1 aromatic heterocycles. The highest BCUT2D eigenvalue weighted by Crippen LogP contribution is 2.22. The van der Waals surface area contributed by atoms with Gasteiger partial charge in [0.15, 0.2) is 4.80 Å². The number of nitrogens with zero attached hydrogens (tertiary/aromatic N) is 2. The summed E-state index contributed by atoms with van der Waals surface area (Å²) >= 11 is 1.46. The Kier molecular flexibility index (Phi) is 7.86. The highest BCUT2D eigenvalue weighted by atomic mass is 32.2. The van der Waals surface area contributed by atoms with Crippen LogP contribution in [0.25, 0.3) is 10.2 Å². The summed E-state index contributed by atoms with van der Waals surface area (Å²) in [6, 6.07) is 19.3. The van der Waals surface area contributed by atoms with Crippen LogP contribution in [-0.2, 0) is 23.0 Å². The average molecular weight is 520 g/mol. The molecule has 0 saturated heterocycles. The van der Waals surface area contributed by atoms with Crippen molar-refractivity contribution in [2.45, 2.75) is 44.6 Å². The van der Waals surface area contributed by atoms with Crippen molar-refractivity contribution in [3.8, 4) is 0 Å². The molecule has 3 aromatic carbocycles. The summed E-state index contributed by atoms with van der Waals surface area (Å²) in [4.78, 5) is 18.2. The molecule has 6 nitrogen and oxygen atoms in total. The fraction of sp³-hybridized carbons (Fsp3) is 0.214. The second-order valence-electron chi connectivity index (χ2n) is 8.61. The first-order chi connectivity index (χ1) is 17.3. The van der Waals surface area contributed by atoms with Crippen LogP contribution in [0.1, 0.15) is 41.3 Å². The molecule has 0 bridgehead atoms. The van der Waals surface area contributed by atoms with Crippen molar-refractivity contribution in [1.29, 1.82) is 0 Å². The zero-order valence-electron chi connectivity index (χ0n) is 20.4. The van der Waals surface area contributed by atoms with Crippen molar-refractivity contribution < 1.29 is 13.2 Å². The summed E-state index contributed by atoms with van der Waals surface area (Å²) in [5, 5.41) is 0. The molecular weight excluding hydrogens is 490 g/mol. The number of allylic oxidation sites excluding steroid dienone is 1. The number of hydrogen-bond donors (Lipinski definition) is 1. The summed E-state index contributed by atoms with van der Waals surface area (Å²) in [6.07, 6.45) is 5.06. The van der Waals surface area contributed by atoms with E-state index < -0.39 is 15.9 Å². The van der Waals surface area contributed by atoms with Crippen molar-refractivity contribution in [1.82, 2.24) is 4.57 Å². The molecule has 0 radical (unpaired) electrons. The standard InChI is InChI=1S/C28H29N3O3S2/c1-4-6-8-21-13-16-25-26(18-21)35-28(31(25)17-5-2)29-27(32)22-9-7-10-23(19-22)30-36(33,34)24-14-11-20(3)12-15-24/h5,7,9-16,18-19,30H,2,4,6,8,17H2,1,3H3. The van der Waals surface area contributed by atoms with Gasteiger partial charge in [0.2, 0.25) is 0 Å². The van der Waals surface area contributed by atoms with Gasteiger partial charge in [0.1, 0.15) is 0 Å². The van der Waals surface area contributed by atoms with Gasteiger partial charge in [0.25, 0.3) is 15.9 Å². The van der Waals surface area contributed by atoms with Crippen molar-refractivity contribution in [2.75, 3.05) is 4.72 Å². The molecule has 0 unspecified atom stereocenters. The first-order valence-electron chi connectivity index (χ1n) is 11.8. The summed E-state index contributed by atoms with van der Waals surface area (Å²) in [5.74, 6) is -0.443. The van der Waals surface area contributed by atoms with Gasteiger partial charge < -0.3 is 4.57 Å². The Hall–Kier alpha value is -3.49. The molecule has 0 aliphatic heterocycles.